The summed E-state index contributed by atoms with van der Waals surface area (Å²) in [7, 11) is 0. The van der Waals surface area contributed by atoms with Crippen LogP contribution in [0.3, 0.4) is 0 Å². The molecule has 8 unspecified atom stereocenters. The molecule has 0 aromatic carbocycles. The number of esters is 1. The summed E-state index contributed by atoms with van der Waals surface area (Å²) < 4.78 is 6.19. The van der Waals surface area contributed by atoms with Crippen molar-refractivity contribution in [1.29, 1.82) is 0 Å². The lowest BCUT2D eigenvalue weighted by Crippen LogP contribution is -2.65. The maximum atomic E-state index is 14.1. The smallest absolute Gasteiger partial charge is 0.309 e. The van der Waals surface area contributed by atoms with Crippen molar-refractivity contribution in [3.63, 3.8) is 0 Å². The van der Waals surface area contributed by atoms with E-state index in [1.54, 1.807) is 19.4 Å². The monoisotopic (exact) mass is 714 g/mol. The van der Waals surface area contributed by atoms with Gasteiger partial charge in [0.1, 0.15) is 6.10 Å². The summed E-state index contributed by atoms with van der Waals surface area (Å²) >= 11 is 0. The predicted molar refractivity (Wildman–Crippen MR) is 203 cm³/mol. The molecule has 286 valence electrons. The molecule has 0 saturated heterocycles. The molecule has 1 aromatic rings. The largest absolute Gasteiger partial charge is 0.481 e. The van der Waals surface area contributed by atoms with Crippen molar-refractivity contribution < 1.29 is 24.2 Å². The second kappa shape index (κ2) is 12.5. The van der Waals surface area contributed by atoms with Crippen molar-refractivity contribution in [1.82, 2.24) is 10.3 Å². The van der Waals surface area contributed by atoms with Gasteiger partial charge < -0.3 is 15.2 Å². The van der Waals surface area contributed by atoms with Crippen LogP contribution in [0.2, 0.25) is 0 Å². The summed E-state index contributed by atoms with van der Waals surface area (Å²) in [5.41, 5.74) is 2.85. The van der Waals surface area contributed by atoms with Crippen LogP contribution in [0.25, 0.3) is 0 Å². The zero-order valence-corrected chi connectivity index (χ0v) is 33.6. The van der Waals surface area contributed by atoms with E-state index in [0.717, 1.165) is 70.0 Å². The zero-order chi connectivity index (χ0) is 37.7. The van der Waals surface area contributed by atoms with Crippen LogP contribution in [-0.4, -0.2) is 40.5 Å². The van der Waals surface area contributed by atoms with Crippen molar-refractivity contribution >= 4 is 17.7 Å². The summed E-state index contributed by atoms with van der Waals surface area (Å²) in [6, 6.07) is 6.24. The van der Waals surface area contributed by atoms with Gasteiger partial charge in [0.05, 0.1) is 23.1 Å². The third-order valence-electron chi connectivity index (χ3n) is 16.9. The number of hydrogen-bond donors (Lipinski definition) is 2. The number of nitrogens with zero attached hydrogens (tertiary/aromatic N) is 1. The molecule has 5 saturated carbocycles. The number of ketones is 1. The molecule has 0 spiro atoms. The predicted octanol–water partition coefficient (Wildman–Crippen LogP) is 9.44. The van der Waals surface area contributed by atoms with E-state index in [9.17, 15) is 19.5 Å². The molecule has 7 nitrogen and oxygen atoms in total. The van der Waals surface area contributed by atoms with E-state index in [4.69, 9.17) is 9.72 Å². The minimum Gasteiger partial charge on any atom is -0.481 e. The van der Waals surface area contributed by atoms with E-state index < -0.39 is 17.4 Å². The fourth-order valence-corrected chi connectivity index (χ4v) is 13.7. The average molecular weight is 715 g/mol. The highest BCUT2D eigenvalue weighted by Gasteiger charge is 2.70. The Labute approximate surface area is 312 Å². The molecule has 6 aliphatic carbocycles. The number of allylic oxidation sites excluding steroid dienone is 2. The first-order chi connectivity index (χ1) is 24.3. The van der Waals surface area contributed by atoms with Gasteiger partial charge >= 0.3 is 11.9 Å². The summed E-state index contributed by atoms with van der Waals surface area (Å²) in [5, 5.41) is 13.6. The van der Waals surface area contributed by atoms with Gasteiger partial charge in [-0.15, -0.1) is 0 Å². The van der Waals surface area contributed by atoms with Gasteiger partial charge in [0, 0.05) is 23.4 Å². The van der Waals surface area contributed by atoms with Crippen LogP contribution >= 0.6 is 0 Å². The number of fused-ring (bicyclic) bond motifs is 7. The Kier molecular flexibility index (Phi) is 9.07. The minimum absolute atomic E-state index is 0.00571. The van der Waals surface area contributed by atoms with E-state index in [2.05, 4.69) is 65.9 Å². The number of hydrogen-bond acceptors (Lipinski definition) is 6. The first kappa shape index (κ1) is 37.8. The average Bonchev–Trinajstić information content (AvgIpc) is 3.79. The fourth-order valence-electron chi connectivity index (χ4n) is 13.7. The number of rotatable bonds is 10. The third-order valence-corrected chi connectivity index (χ3v) is 16.9. The Hall–Kier alpha value is -2.54. The van der Waals surface area contributed by atoms with Crippen LogP contribution in [0, 0.1) is 56.2 Å². The molecule has 52 heavy (non-hydrogen) atoms. The SMILES string of the molecule is CC(C)C1=C2C3CCC4C5(C)CCC(OC(=O)CC(C)(C)C(=O)O)C(C)(C)C5CCC4(C)C3(C)CCC2(CCNC2(c3ccccn3)CC2)CC1=O. The second-order valence-corrected chi connectivity index (χ2v) is 20.7. The Morgan fingerprint density at radius 2 is 1.67 bits per heavy atom. The molecule has 1 aromatic heterocycles. The number of Topliss-reactive ketones (excluding diaryl/α,β-unsaturated/α-hetero) is 1. The van der Waals surface area contributed by atoms with Gasteiger partial charge in [-0.05, 0) is 149 Å². The number of aromatic nitrogens is 1. The second-order valence-electron chi connectivity index (χ2n) is 20.7. The standard InChI is InChI=1S/C45H66N2O5/c1-28(2)36-30(48)26-44(23-25-47-45(21-22-45)33-12-10-11-24-46-33)20-19-42(8)29(37(36)44)13-14-32-41(7)17-16-34(52-35(49)27-39(3,4)38(50)51)40(5,6)31(41)15-18-43(32,42)9/h10-12,24,28-29,31-32,34,47H,13-23,25-27H2,1-9H3,(H,50,51). The van der Waals surface area contributed by atoms with Gasteiger partial charge in [-0.3, -0.25) is 19.4 Å². The maximum Gasteiger partial charge on any atom is 0.309 e. The summed E-state index contributed by atoms with van der Waals surface area (Å²) in [5.74, 6) is 0.680. The molecular formula is C45H66N2O5. The topological polar surface area (TPSA) is 106 Å². The lowest BCUT2D eigenvalue weighted by molar-refractivity contribution is -0.233. The molecule has 5 fully saturated rings. The fraction of sp³-hybridized carbons (Fsp3) is 0.778. The Balaban J connectivity index is 1.13. The molecular weight excluding hydrogens is 649 g/mol. The molecule has 7 heteroatoms. The van der Waals surface area contributed by atoms with Crippen LogP contribution in [0.5, 0.6) is 0 Å². The first-order valence-corrected chi connectivity index (χ1v) is 20.6. The highest BCUT2D eigenvalue weighted by Crippen LogP contribution is 2.77. The normalized spacial score (nSPS) is 38.9. The van der Waals surface area contributed by atoms with Crippen LogP contribution in [0.1, 0.15) is 151 Å². The van der Waals surface area contributed by atoms with E-state index >= 15 is 0 Å². The minimum atomic E-state index is -1.15. The van der Waals surface area contributed by atoms with E-state index in [0.29, 0.717) is 30.0 Å². The Morgan fingerprint density at radius 1 is 0.942 bits per heavy atom. The zero-order valence-electron chi connectivity index (χ0n) is 33.6. The highest BCUT2D eigenvalue weighted by molar-refractivity contribution is 6.00. The lowest BCUT2D eigenvalue weighted by Gasteiger charge is -2.72. The number of carbonyl (C=O) groups is 3. The molecule has 0 amide bonds. The van der Waals surface area contributed by atoms with Crippen LogP contribution in [0.15, 0.2) is 35.5 Å². The maximum absolute atomic E-state index is 14.1. The molecule has 0 radical (unpaired) electrons. The van der Waals surface area contributed by atoms with Gasteiger partial charge in [0.2, 0.25) is 0 Å². The van der Waals surface area contributed by atoms with Crippen molar-refractivity contribution in [2.45, 2.75) is 157 Å². The van der Waals surface area contributed by atoms with Gasteiger partial charge in [0.25, 0.3) is 0 Å². The number of carbonyl (C=O) groups excluding carboxylic acids is 2. The van der Waals surface area contributed by atoms with Crippen LogP contribution < -0.4 is 5.32 Å². The quantitative estimate of drug-likeness (QED) is 0.233. The summed E-state index contributed by atoms with van der Waals surface area (Å²) in [6.07, 6.45) is 14.2. The number of pyridine rings is 1. The molecule has 0 aliphatic heterocycles. The van der Waals surface area contributed by atoms with Gasteiger partial charge in [-0.1, -0.05) is 60.1 Å². The van der Waals surface area contributed by atoms with E-state index in [-0.39, 0.29) is 51.1 Å². The van der Waals surface area contributed by atoms with Gasteiger partial charge in [-0.25, -0.2) is 0 Å². The first-order valence-electron chi connectivity index (χ1n) is 20.6. The molecule has 7 rings (SSSR count). The summed E-state index contributed by atoms with van der Waals surface area (Å²) in [4.78, 5) is 43.7. The van der Waals surface area contributed by atoms with Crippen LogP contribution in [0.4, 0.5) is 0 Å². The van der Waals surface area contributed by atoms with Crippen LogP contribution in [-0.2, 0) is 24.7 Å². The third kappa shape index (κ3) is 5.58. The Bertz CT molecular complexity index is 1640. The number of ether oxygens (including phenoxy) is 1. The van der Waals surface area contributed by atoms with Crippen molar-refractivity contribution in [3.8, 4) is 0 Å². The molecule has 6 aliphatic rings. The van der Waals surface area contributed by atoms with Crippen molar-refractivity contribution in [2.75, 3.05) is 6.54 Å². The Morgan fingerprint density at radius 3 is 2.31 bits per heavy atom. The van der Waals surface area contributed by atoms with Gasteiger partial charge in [-0.2, -0.15) is 0 Å². The number of carboxylic acid groups (broad SMARTS) is 1. The van der Waals surface area contributed by atoms with Gasteiger partial charge in [0.15, 0.2) is 5.78 Å². The highest BCUT2D eigenvalue weighted by atomic mass is 16.5. The lowest BCUT2D eigenvalue weighted by atomic mass is 9.33. The van der Waals surface area contributed by atoms with E-state index in [1.807, 2.05) is 12.3 Å². The number of carboxylic acids is 1. The molecule has 0 bridgehead atoms. The number of nitrogens with one attached hydrogen (secondary N) is 1. The number of aliphatic carboxylic acids is 1. The van der Waals surface area contributed by atoms with Crippen molar-refractivity contribution in [3.05, 3.63) is 41.2 Å². The molecule has 1 heterocycles. The van der Waals surface area contributed by atoms with E-state index in [1.165, 1.54) is 18.4 Å². The van der Waals surface area contributed by atoms with Crippen molar-refractivity contribution in [2.24, 2.45) is 56.2 Å². The summed E-state index contributed by atoms with van der Waals surface area (Å²) in [6.45, 7) is 21.0. The molecule has 8 atom stereocenters. The molecule has 2 N–H and O–H groups in total.